The molecular formula is C49H31F3N4O. The first-order valence-electron chi connectivity index (χ1n) is 18.8. The van der Waals surface area contributed by atoms with Crippen LogP contribution in [-0.2, 0) is 11.6 Å². The van der Waals surface area contributed by atoms with Crippen LogP contribution in [0.5, 0.6) is 0 Å². The zero-order chi connectivity index (χ0) is 38.6. The number of para-hydroxylation sites is 2. The first kappa shape index (κ1) is 33.3. The van der Waals surface area contributed by atoms with Gasteiger partial charge in [-0.15, -0.1) is 0 Å². The number of hydrogen-bond acceptors (Lipinski definition) is 4. The highest BCUT2D eigenvalue weighted by Crippen LogP contribution is 2.53. The Morgan fingerprint density at radius 1 is 0.526 bits per heavy atom. The fourth-order valence-electron chi connectivity index (χ4n) is 8.83. The summed E-state index contributed by atoms with van der Waals surface area (Å²) in [5.41, 5.74) is 6.60. The smallest absolute Gasteiger partial charge is 0.418 e. The molecule has 0 aliphatic heterocycles. The van der Waals surface area contributed by atoms with Crippen molar-refractivity contribution < 1.29 is 17.6 Å². The van der Waals surface area contributed by atoms with Crippen LogP contribution in [0.15, 0.2) is 156 Å². The third kappa shape index (κ3) is 4.93. The third-order valence-electron chi connectivity index (χ3n) is 11.5. The average molecular weight is 749 g/mol. The molecule has 0 N–H and O–H groups in total. The van der Waals surface area contributed by atoms with Gasteiger partial charge in [0.2, 0.25) is 0 Å². The van der Waals surface area contributed by atoms with E-state index in [1.807, 2.05) is 115 Å². The molecule has 0 spiro atoms. The molecule has 57 heavy (non-hydrogen) atoms. The number of halogens is 3. The molecule has 274 valence electrons. The predicted octanol–water partition coefficient (Wildman–Crippen LogP) is 13.2. The molecule has 8 heteroatoms. The van der Waals surface area contributed by atoms with Crippen LogP contribution < -0.4 is 0 Å². The van der Waals surface area contributed by atoms with Crippen LogP contribution in [0, 0.1) is 0 Å². The van der Waals surface area contributed by atoms with Crippen molar-refractivity contribution in [2.45, 2.75) is 25.4 Å². The van der Waals surface area contributed by atoms with E-state index in [4.69, 9.17) is 19.4 Å². The maximum Gasteiger partial charge on any atom is 0.418 e. The second-order valence-electron chi connectivity index (χ2n) is 15.1. The fraction of sp³-hybridized carbons (Fsp3) is 0.0816. The van der Waals surface area contributed by atoms with Gasteiger partial charge in [0.15, 0.2) is 23.1 Å². The van der Waals surface area contributed by atoms with Gasteiger partial charge >= 0.3 is 6.18 Å². The van der Waals surface area contributed by atoms with Gasteiger partial charge in [0, 0.05) is 43.7 Å². The summed E-state index contributed by atoms with van der Waals surface area (Å²) in [4.78, 5) is 14.6. The van der Waals surface area contributed by atoms with Crippen LogP contribution in [0.3, 0.4) is 0 Å². The molecule has 3 heterocycles. The zero-order valence-corrected chi connectivity index (χ0v) is 30.8. The number of alkyl halides is 3. The van der Waals surface area contributed by atoms with Crippen LogP contribution in [0.2, 0.25) is 0 Å². The highest BCUT2D eigenvalue weighted by molar-refractivity contribution is 6.17. The maximum atomic E-state index is 16.0. The largest absolute Gasteiger partial charge is 0.454 e. The first-order valence-corrected chi connectivity index (χ1v) is 18.8. The summed E-state index contributed by atoms with van der Waals surface area (Å²) in [6.45, 7) is 4.35. The summed E-state index contributed by atoms with van der Waals surface area (Å²) < 4.78 is 56.4. The average Bonchev–Trinajstić information content (AvgIpc) is 3.85. The molecule has 0 bridgehead atoms. The number of benzene rings is 7. The van der Waals surface area contributed by atoms with E-state index in [1.165, 1.54) is 11.6 Å². The lowest BCUT2D eigenvalue weighted by Gasteiger charge is -2.22. The fourth-order valence-corrected chi connectivity index (χ4v) is 8.83. The molecule has 0 saturated heterocycles. The number of furan rings is 1. The molecule has 0 saturated carbocycles. The Morgan fingerprint density at radius 2 is 1.12 bits per heavy atom. The molecule has 0 unspecified atom stereocenters. The lowest BCUT2D eigenvalue weighted by molar-refractivity contribution is -0.137. The quantitative estimate of drug-likeness (QED) is 0.180. The minimum atomic E-state index is -4.81. The van der Waals surface area contributed by atoms with E-state index < -0.39 is 11.7 Å². The van der Waals surface area contributed by atoms with Crippen molar-refractivity contribution in [2.75, 3.05) is 0 Å². The predicted molar refractivity (Wildman–Crippen MR) is 220 cm³/mol. The highest BCUT2D eigenvalue weighted by atomic mass is 19.4. The molecule has 11 rings (SSSR count). The van der Waals surface area contributed by atoms with E-state index in [2.05, 4.69) is 38.1 Å². The van der Waals surface area contributed by atoms with Crippen molar-refractivity contribution >= 4 is 43.7 Å². The van der Waals surface area contributed by atoms with Crippen LogP contribution >= 0.6 is 0 Å². The Bertz CT molecular complexity index is 3200. The Balaban J connectivity index is 1.28. The van der Waals surface area contributed by atoms with Crippen LogP contribution in [0.1, 0.15) is 30.5 Å². The summed E-state index contributed by atoms with van der Waals surface area (Å²) in [5, 5.41) is 2.84. The Morgan fingerprint density at radius 3 is 1.82 bits per heavy atom. The number of fused-ring (bicyclic) bond motifs is 9. The second-order valence-corrected chi connectivity index (χ2v) is 15.1. The van der Waals surface area contributed by atoms with E-state index in [0.29, 0.717) is 50.2 Å². The van der Waals surface area contributed by atoms with Crippen LogP contribution in [0.25, 0.3) is 94.7 Å². The van der Waals surface area contributed by atoms with Crippen molar-refractivity contribution in [3.05, 3.63) is 168 Å². The van der Waals surface area contributed by atoms with E-state index in [1.54, 1.807) is 10.6 Å². The van der Waals surface area contributed by atoms with Gasteiger partial charge in [-0.2, -0.15) is 13.2 Å². The minimum absolute atomic E-state index is 0.0856. The van der Waals surface area contributed by atoms with Gasteiger partial charge in [-0.3, -0.25) is 0 Å². The van der Waals surface area contributed by atoms with Crippen LogP contribution in [0.4, 0.5) is 13.2 Å². The Kier molecular flexibility index (Phi) is 6.99. The summed E-state index contributed by atoms with van der Waals surface area (Å²) in [6.07, 6.45) is -4.81. The van der Waals surface area contributed by atoms with E-state index >= 15 is 13.2 Å². The number of hydrogen-bond donors (Lipinski definition) is 0. The molecule has 1 aliphatic carbocycles. The Hall–Kier alpha value is -7.06. The molecule has 3 aromatic heterocycles. The lowest BCUT2D eigenvalue weighted by atomic mass is 9.82. The van der Waals surface area contributed by atoms with Gasteiger partial charge in [-0.25, -0.2) is 15.0 Å². The Labute approximate surface area is 324 Å². The van der Waals surface area contributed by atoms with E-state index in [9.17, 15) is 0 Å². The maximum absolute atomic E-state index is 16.0. The van der Waals surface area contributed by atoms with Gasteiger partial charge in [0.1, 0.15) is 11.3 Å². The van der Waals surface area contributed by atoms with Crippen molar-refractivity contribution in [1.29, 1.82) is 0 Å². The molecule has 7 aromatic carbocycles. The van der Waals surface area contributed by atoms with E-state index in [0.717, 1.165) is 27.5 Å². The number of rotatable bonds is 4. The summed E-state index contributed by atoms with van der Waals surface area (Å²) in [6, 6.07) is 47.5. The van der Waals surface area contributed by atoms with Gasteiger partial charge in [-0.05, 0) is 52.6 Å². The van der Waals surface area contributed by atoms with Crippen LogP contribution in [-0.4, -0.2) is 19.5 Å². The first-order chi connectivity index (χ1) is 27.7. The summed E-state index contributed by atoms with van der Waals surface area (Å²) in [5.74, 6) is 0.798. The second kappa shape index (κ2) is 12.0. The zero-order valence-electron chi connectivity index (χ0n) is 30.8. The molecule has 5 nitrogen and oxygen atoms in total. The monoisotopic (exact) mass is 748 g/mol. The number of aromatic nitrogens is 4. The normalized spacial score (nSPS) is 13.5. The molecule has 1 aliphatic rings. The molecule has 0 amide bonds. The molecular weight excluding hydrogens is 718 g/mol. The van der Waals surface area contributed by atoms with E-state index in [-0.39, 0.29) is 28.1 Å². The topological polar surface area (TPSA) is 56.7 Å². The minimum Gasteiger partial charge on any atom is -0.454 e. The molecule has 10 aromatic rings. The van der Waals surface area contributed by atoms with Crippen molar-refractivity contribution in [2.24, 2.45) is 0 Å². The summed E-state index contributed by atoms with van der Waals surface area (Å²) in [7, 11) is 0. The van der Waals surface area contributed by atoms with Crippen molar-refractivity contribution in [3.63, 3.8) is 0 Å². The van der Waals surface area contributed by atoms with Gasteiger partial charge in [0.05, 0.1) is 16.6 Å². The van der Waals surface area contributed by atoms with Gasteiger partial charge in [0.25, 0.3) is 0 Å². The molecule has 0 atom stereocenters. The number of nitrogens with zero attached hydrogens (tertiary/aromatic N) is 4. The highest BCUT2D eigenvalue weighted by Gasteiger charge is 2.40. The van der Waals surface area contributed by atoms with Gasteiger partial charge in [-0.1, -0.05) is 135 Å². The lowest BCUT2D eigenvalue weighted by Crippen LogP contribution is -2.15. The standard InChI is InChI=1S/C49H31F3N4O/c1-48(2)36-22-12-9-19-30(36)33-25-34-31-20-10-13-23-39(31)56(40(34)27-37(33)48)43-38(49(50,51)52)26-35(42-32-21-11-14-24-41(32)57-44(42)43)47-54-45(28-15-5-3-6-16-28)53-46(55-47)29-17-7-4-8-18-29/h3-27H,1-2H3. The van der Waals surface area contributed by atoms with Crippen molar-refractivity contribution in [1.82, 2.24) is 19.5 Å². The summed E-state index contributed by atoms with van der Waals surface area (Å²) >= 11 is 0. The third-order valence-corrected chi connectivity index (χ3v) is 11.5. The molecule has 0 fully saturated rings. The SMILES string of the molecule is CC1(C)c2ccccc2-c2cc3c4ccccc4n(-c4c(C(F)(F)F)cc(-c5nc(-c6ccccc6)nc(-c6ccccc6)n5)c5c4oc4ccccc45)c3cc21. The van der Waals surface area contributed by atoms with Gasteiger partial charge < -0.3 is 8.98 Å². The van der Waals surface area contributed by atoms with Crippen molar-refractivity contribution in [3.8, 4) is 51.0 Å². The molecule has 0 radical (unpaired) electrons.